The van der Waals surface area contributed by atoms with Gasteiger partial charge in [-0.2, -0.15) is 0 Å². The van der Waals surface area contributed by atoms with Gasteiger partial charge in [0, 0.05) is 95.2 Å². The highest BCUT2D eigenvalue weighted by atomic mass is 32.1. The van der Waals surface area contributed by atoms with Gasteiger partial charge in [-0.25, -0.2) is 4.98 Å². The van der Waals surface area contributed by atoms with Crippen molar-refractivity contribution in [3.05, 3.63) is 46.4 Å². The summed E-state index contributed by atoms with van der Waals surface area (Å²) in [6.45, 7) is 9.10. The molecule has 0 spiro atoms. The number of carbonyl (C=O) groups excluding carboxylic acids is 2. The summed E-state index contributed by atoms with van der Waals surface area (Å²) in [4.78, 5) is 40.5. The maximum absolute atomic E-state index is 12.8. The minimum absolute atomic E-state index is 0.0189. The van der Waals surface area contributed by atoms with Gasteiger partial charge in [-0.05, 0) is 24.7 Å². The molecule has 1 unspecified atom stereocenters. The summed E-state index contributed by atoms with van der Waals surface area (Å²) in [5.41, 5.74) is 2.29. The van der Waals surface area contributed by atoms with Crippen molar-refractivity contribution in [3.8, 4) is 0 Å². The molecule has 0 aliphatic carbocycles. The van der Waals surface area contributed by atoms with Crippen LogP contribution in [0.3, 0.4) is 0 Å². The Bertz CT molecular complexity index is 950. The third-order valence-electron chi connectivity index (χ3n) is 7.09. The second-order valence-corrected chi connectivity index (χ2v) is 10.2. The number of benzene rings is 1. The van der Waals surface area contributed by atoms with Gasteiger partial charge < -0.3 is 14.7 Å². The number of likely N-dealkylation sites (N-methyl/N-ethyl adjacent to an activating group) is 1. The van der Waals surface area contributed by atoms with Gasteiger partial charge in [-0.15, -0.1) is 11.3 Å². The number of hydrogen-bond donors (Lipinski definition) is 0. The van der Waals surface area contributed by atoms with E-state index < -0.39 is 0 Å². The minimum Gasteiger partial charge on any atom is -0.334 e. The number of rotatable bonds is 5. The van der Waals surface area contributed by atoms with Crippen molar-refractivity contribution >= 4 is 28.8 Å². The molecule has 8 nitrogen and oxygen atoms in total. The van der Waals surface area contributed by atoms with E-state index in [2.05, 4.69) is 51.0 Å². The van der Waals surface area contributed by atoms with Gasteiger partial charge in [0.25, 0.3) is 5.91 Å². The Hall–Kier alpha value is -2.33. The van der Waals surface area contributed by atoms with Crippen LogP contribution in [0, 0.1) is 0 Å². The summed E-state index contributed by atoms with van der Waals surface area (Å²) < 4.78 is 0. The van der Waals surface area contributed by atoms with Gasteiger partial charge in [0.05, 0.1) is 0 Å². The van der Waals surface area contributed by atoms with Gasteiger partial charge in [0.1, 0.15) is 0 Å². The van der Waals surface area contributed by atoms with E-state index in [-0.39, 0.29) is 17.9 Å². The number of amides is 2. The summed E-state index contributed by atoms with van der Waals surface area (Å²) in [6.07, 6.45) is 2.22. The van der Waals surface area contributed by atoms with Crippen LogP contribution in [0.1, 0.15) is 21.8 Å². The molecule has 4 heterocycles. The molecule has 3 saturated heterocycles. The SMILES string of the molecule is CN1CCN(Cc2ccc(N3CC(N4CCN(C(=O)c5nccs5)CC4)CC3=O)cc2)CC1. The molecule has 0 N–H and O–H groups in total. The molecule has 0 radical (unpaired) electrons. The van der Waals surface area contributed by atoms with Crippen molar-refractivity contribution in [2.24, 2.45) is 0 Å². The van der Waals surface area contributed by atoms with Gasteiger partial charge in [0.2, 0.25) is 5.91 Å². The number of thiazole rings is 1. The van der Waals surface area contributed by atoms with Crippen molar-refractivity contribution in [1.29, 1.82) is 0 Å². The first-order valence-electron chi connectivity index (χ1n) is 11.8. The maximum atomic E-state index is 12.8. The van der Waals surface area contributed by atoms with E-state index in [1.807, 2.05) is 15.2 Å². The van der Waals surface area contributed by atoms with Crippen molar-refractivity contribution in [2.75, 3.05) is 70.9 Å². The van der Waals surface area contributed by atoms with E-state index >= 15 is 0 Å². The summed E-state index contributed by atoms with van der Waals surface area (Å²) in [7, 11) is 2.18. The number of anilines is 1. The lowest BCUT2D eigenvalue weighted by atomic mass is 10.1. The molecule has 9 heteroatoms. The average molecular weight is 469 g/mol. The molecular weight excluding hydrogens is 436 g/mol. The van der Waals surface area contributed by atoms with E-state index in [1.54, 1.807) is 6.20 Å². The van der Waals surface area contributed by atoms with Crippen LogP contribution in [-0.4, -0.2) is 108 Å². The minimum atomic E-state index is 0.0189. The molecule has 3 aliphatic rings. The molecule has 1 aromatic carbocycles. The Morgan fingerprint density at radius 2 is 1.76 bits per heavy atom. The summed E-state index contributed by atoms with van der Waals surface area (Å²) in [6, 6.07) is 8.72. The Kier molecular flexibility index (Phi) is 6.73. The molecule has 33 heavy (non-hydrogen) atoms. The topological polar surface area (TPSA) is 63.2 Å². The molecule has 0 saturated carbocycles. The second kappa shape index (κ2) is 9.89. The molecule has 176 valence electrons. The van der Waals surface area contributed by atoms with E-state index in [4.69, 9.17) is 0 Å². The van der Waals surface area contributed by atoms with Gasteiger partial charge in [-0.1, -0.05) is 12.1 Å². The van der Waals surface area contributed by atoms with Crippen LogP contribution < -0.4 is 4.90 Å². The quantitative estimate of drug-likeness (QED) is 0.662. The summed E-state index contributed by atoms with van der Waals surface area (Å²) >= 11 is 1.39. The predicted octanol–water partition coefficient (Wildman–Crippen LogP) is 1.45. The maximum Gasteiger partial charge on any atom is 0.282 e. The highest BCUT2D eigenvalue weighted by Crippen LogP contribution is 2.26. The zero-order chi connectivity index (χ0) is 22.8. The Balaban J connectivity index is 1.13. The third-order valence-corrected chi connectivity index (χ3v) is 7.85. The number of piperazine rings is 2. The largest absolute Gasteiger partial charge is 0.334 e. The first kappa shape index (κ1) is 22.5. The van der Waals surface area contributed by atoms with Crippen molar-refractivity contribution in [2.45, 2.75) is 19.0 Å². The summed E-state index contributed by atoms with van der Waals surface area (Å²) in [5.74, 6) is 0.207. The Morgan fingerprint density at radius 1 is 1.03 bits per heavy atom. The molecule has 0 bridgehead atoms. The van der Waals surface area contributed by atoms with Crippen molar-refractivity contribution in [3.63, 3.8) is 0 Å². The fourth-order valence-electron chi connectivity index (χ4n) is 4.98. The highest BCUT2D eigenvalue weighted by Gasteiger charge is 2.36. The fourth-order valence-corrected chi connectivity index (χ4v) is 5.59. The Morgan fingerprint density at radius 3 is 2.42 bits per heavy atom. The van der Waals surface area contributed by atoms with Crippen LogP contribution >= 0.6 is 11.3 Å². The Labute approximate surface area is 199 Å². The van der Waals surface area contributed by atoms with E-state index in [0.717, 1.165) is 58.0 Å². The highest BCUT2D eigenvalue weighted by molar-refractivity contribution is 7.11. The standard InChI is InChI=1S/C24H32N6O2S/c1-26-7-9-27(10-8-26)17-19-2-4-20(5-3-19)30-18-21(16-22(30)31)28-11-13-29(14-12-28)24(32)23-25-6-15-33-23/h2-6,15,21H,7-14,16-18H2,1H3. The lowest BCUT2D eigenvalue weighted by Gasteiger charge is -2.37. The molecule has 5 rings (SSSR count). The average Bonchev–Trinajstić information content (AvgIpc) is 3.51. The molecular formula is C24H32N6O2S. The monoisotopic (exact) mass is 468 g/mol. The molecule has 2 aromatic rings. The van der Waals surface area contributed by atoms with Crippen molar-refractivity contribution in [1.82, 2.24) is 24.6 Å². The van der Waals surface area contributed by atoms with Crippen LogP contribution in [0.5, 0.6) is 0 Å². The molecule has 3 fully saturated rings. The number of carbonyl (C=O) groups is 2. The zero-order valence-corrected chi connectivity index (χ0v) is 20.0. The number of nitrogens with zero attached hydrogens (tertiary/aromatic N) is 6. The lowest BCUT2D eigenvalue weighted by Crippen LogP contribution is -2.52. The number of aromatic nitrogens is 1. The van der Waals surface area contributed by atoms with Gasteiger partial charge in [0.15, 0.2) is 5.01 Å². The van der Waals surface area contributed by atoms with Crippen LogP contribution in [0.2, 0.25) is 0 Å². The van der Waals surface area contributed by atoms with Crippen LogP contribution in [0.4, 0.5) is 5.69 Å². The molecule has 1 atom stereocenters. The van der Waals surface area contributed by atoms with Crippen molar-refractivity contribution < 1.29 is 9.59 Å². The molecule has 1 aromatic heterocycles. The van der Waals surface area contributed by atoms with Gasteiger partial charge in [-0.3, -0.25) is 19.4 Å². The molecule has 3 aliphatic heterocycles. The molecule has 2 amide bonds. The van der Waals surface area contributed by atoms with E-state index in [9.17, 15) is 9.59 Å². The second-order valence-electron chi connectivity index (χ2n) is 9.27. The number of hydrogen-bond acceptors (Lipinski definition) is 7. The van der Waals surface area contributed by atoms with E-state index in [0.29, 0.717) is 24.5 Å². The van der Waals surface area contributed by atoms with Crippen LogP contribution in [0.15, 0.2) is 35.8 Å². The zero-order valence-electron chi connectivity index (χ0n) is 19.2. The fraction of sp³-hybridized carbons (Fsp3) is 0.542. The normalized spacial score (nSPS) is 23.4. The van der Waals surface area contributed by atoms with Crippen LogP contribution in [-0.2, 0) is 11.3 Å². The van der Waals surface area contributed by atoms with E-state index in [1.165, 1.54) is 16.9 Å². The van der Waals surface area contributed by atoms with Crippen LogP contribution in [0.25, 0.3) is 0 Å². The van der Waals surface area contributed by atoms with Gasteiger partial charge >= 0.3 is 0 Å². The first-order valence-corrected chi connectivity index (χ1v) is 12.7. The lowest BCUT2D eigenvalue weighted by molar-refractivity contribution is -0.117. The smallest absolute Gasteiger partial charge is 0.282 e. The third kappa shape index (κ3) is 5.11. The summed E-state index contributed by atoms with van der Waals surface area (Å²) in [5, 5.41) is 2.39. The first-order chi connectivity index (χ1) is 16.1. The predicted molar refractivity (Wildman–Crippen MR) is 130 cm³/mol.